The Balaban J connectivity index is 2.40. The molecule has 0 aliphatic rings. The second kappa shape index (κ2) is 6.10. The van der Waals surface area contributed by atoms with Crippen molar-refractivity contribution in [1.29, 1.82) is 0 Å². The number of hydrogen-bond donors (Lipinski definition) is 3. The van der Waals surface area contributed by atoms with E-state index in [1.165, 1.54) is 12.1 Å². The number of aliphatic hydroxyl groups is 2. The molecule has 0 amide bonds. The second-order valence-electron chi connectivity index (χ2n) is 4.55. The third-order valence-electron chi connectivity index (χ3n) is 2.86. The van der Waals surface area contributed by atoms with Gasteiger partial charge in [-0.1, -0.05) is 19.1 Å². The van der Waals surface area contributed by atoms with Crippen LogP contribution in [0.4, 0.5) is 4.39 Å². The number of rotatable bonds is 6. The molecule has 0 aliphatic carbocycles. The lowest BCUT2D eigenvalue weighted by molar-refractivity contribution is 0.0516. The minimum atomic E-state index is -0.761. The molecule has 0 radical (unpaired) electrons. The van der Waals surface area contributed by atoms with Gasteiger partial charge >= 0.3 is 0 Å². The zero-order chi connectivity index (χ0) is 12.9. The van der Waals surface area contributed by atoms with E-state index in [1.807, 2.05) is 6.92 Å². The number of hydrogen-bond acceptors (Lipinski definition) is 3. The van der Waals surface area contributed by atoms with Crippen LogP contribution in [0.15, 0.2) is 24.3 Å². The lowest BCUT2D eigenvalue weighted by Crippen LogP contribution is -2.38. The standard InChI is InChI=1S/C13H20FNO2/c1-3-13(2,17)9-15-8-12(16)10-4-6-11(14)7-5-10/h4-7,12,15-17H,3,8-9H2,1-2H3. The number of aliphatic hydroxyl groups excluding tert-OH is 1. The molecule has 0 aliphatic heterocycles. The van der Waals surface area contributed by atoms with E-state index in [-0.39, 0.29) is 5.82 Å². The number of nitrogens with one attached hydrogen (secondary N) is 1. The molecule has 0 fully saturated rings. The zero-order valence-electron chi connectivity index (χ0n) is 10.3. The molecule has 0 aromatic heterocycles. The Kier molecular flexibility index (Phi) is 5.05. The van der Waals surface area contributed by atoms with Crippen molar-refractivity contribution in [3.05, 3.63) is 35.6 Å². The van der Waals surface area contributed by atoms with Crippen LogP contribution in [0.25, 0.3) is 0 Å². The molecule has 17 heavy (non-hydrogen) atoms. The molecule has 2 unspecified atom stereocenters. The second-order valence-corrected chi connectivity index (χ2v) is 4.55. The first-order valence-corrected chi connectivity index (χ1v) is 5.81. The van der Waals surface area contributed by atoms with E-state index in [4.69, 9.17) is 0 Å². The van der Waals surface area contributed by atoms with Crippen molar-refractivity contribution in [2.75, 3.05) is 13.1 Å². The molecule has 2 atom stereocenters. The Morgan fingerprint density at radius 3 is 2.47 bits per heavy atom. The fourth-order valence-corrected chi connectivity index (χ4v) is 1.41. The van der Waals surface area contributed by atoms with Gasteiger partial charge in [0.15, 0.2) is 0 Å². The van der Waals surface area contributed by atoms with Crippen LogP contribution in [-0.2, 0) is 0 Å². The van der Waals surface area contributed by atoms with Gasteiger partial charge in [0.2, 0.25) is 0 Å². The largest absolute Gasteiger partial charge is 0.389 e. The summed E-state index contributed by atoms with van der Waals surface area (Å²) in [5.41, 5.74) is -0.0993. The SMILES string of the molecule is CCC(C)(O)CNCC(O)c1ccc(F)cc1. The first-order valence-electron chi connectivity index (χ1n) is 5.81. The molecule has 0 bridgehead atoms. The van der Waals surface area contributed by atoms with E-state index in [9.17, 15) is 14.6 Å². The smallest absolute Gasteiger partial charge is 0.123 e. The van der Waals surface area contributed by atoms with Crippen molar-refractivity contribution in [3.63, 3.8) is 0 Å². The van der Waals surface area contributed by atoms with Crippen LogP contribution < -0.4 is 5.32 Å². The third kappa shape index (κ3) is 4.81. The lowest BCUT2D eigenvalue weighted by Gasteiger charge is -2.22. The molecule has 0 saturated heterocycles. The Labute approximate surface area is 101 Å². The highest BCUT2D eigenvalue weighted by molar-refractivity contribution is 5.18. The van der Waals surface area contributed by atoms with Gasteiger partial charge in [-0.05, 0) is 31.0 Å². The van der Waals surface area contributed by atoms with E-state index < -0.39 is 11.7 Å². The van der Waals surface area contributed by atoms with E-state index in [2.05, 4.69) is 5.32 Å². The molecule has 0 saturated carbocycles. The average Bonchev–Trinajstić information content (AvgIpc) is 2.29. The summed E-state index contributed by atoms with van der Waals surface area (Å²) in [6.07, 6.45) is -0.0459. The summed E-state index contributed by atoms with van der Waals surface area (Å²) >= 11 is 0. The highest BCUT2D eigenvalue weighted by atomic mass is 19.1. The minimum absolute atomic E-state index is 0.317. The molecular weight excluding hydrogens is 221 g/mol. The topological polar surface area (TPSA) is 52.5 Å². The highest BCUT2D eigenvalue weighted by Crippen LogP contribution is 2.13. The van der Waals surface area contributed by atoms with Crippen molar-refractivity contribution >= 4 is 0 Å². The van der Waals surface area contributed by atoms with Crippen molar-refractivity contribution in [2.45, 2.75) is 32.0 Å². The van der Waals surface area contributed by atoms with E-state index in [0.29, 0.717) is 25.1 Å². The summed E-state index contributed by atoms with van der Waals surface area (Å²) in [4.78, 5) is 0. The maximum absolute atomic E-state index is 12.7. The summed E-state index contributed by atoms with van der Waals surface area (Å²) in [6.45, 7) is 4.39. The third-order valence-corrected chi connectivity index (χ3v) is 2.86. The van der Waals surface area contributed by atoms with E-state index >= 15 is 0 Å². The molecule has 0 spiro atoms. The van der Waals surface area contributed by atoms with E-state index in [0.717, 1.165) is 0 Å². The maximum atomic E-state index is 12.7. The van der Waals surface area contributed by atoms with Crippen LogP contribution in [0.3, 0.4) is 0 Å². The van der Waals surface area contributed by atoms with Gasteiger partial charge in [-0.3, -0.25) is 0 Å². The van der Waals surface area contributed by atoms with Gasteiger partial charge in [-0.25, -0.2) is 4.39 Å². The lowest BCUT2D eigenvalue weighted by atomic mass is 10.0. The van der Waals surface area contributed by atoms with Gasteiger partial charge in [0, 0.05) is 13.1 Å². The van der Waals surface area contributed by atoms with Crippen LogP contribution in [0.2, 0.25) is 0 Å². The Morgan fingerprint density at radius 2 is 1.94 bits per heavy atom. The number of halogens is 1. The summed E-state index contributed by atoms with van der Waals surface area (Å²) in [7, 11) is 0. The van der Waals surface area contributed by atoms with Crippen LogP contribution in [0.5, 0.6) is 0 Å². The van der Waals surface area contributed by atoms with Gasteiger partial charge in [-0.15, -0.1) is 0 Å². The minimum Gasteiger partial charge on any atom is -0.389 e. The fourth-order valence-electron chi connectivity index (χ4n) is 1.41. The summed E-state index contributed by atoms with van der Waals surface area (Å²) in [6, 6.07) is 5.75. The first-order chi connectivity index (χ1) is 7.94. The van der Waals surface area contributed by atoms with Crippen molar-refractivity contribution in [3.8, 4) is 0 Å². The first kappa shape index (κ1) is 14.1. The van der Waals surface area contributed by atoms with Crippen LogP contribution >= 0.6 is 0 Å². The fraction of sp³-hybridized carbons (Fsp3) is 0.538. The zero-order valence-corrected chi connectivity index (χ0v) is 10.3. The predicted molar refractivity (Wildman–Crippen MR) is 65.1 cm³/mol. The predicted octanol–water partition coefficient (Wildman–Crippen LogP) is 1.61. The average molecular weight is 241 g/mol. The highest BCUT2D eigenvalue weighted by Gasteiger charge is 2.17. The quantitative estimate of drug-likeness (QED) is 0.709. The van der Waals surface area contributed by atoms with Crippen molar-refractivity contribution < 1.29 is 14.6 Å². The van der Waals surface area contributed by atoms with Crippen LogP contribution in [0, 0.1) is 5.82 Å². The molecule has 4 heteroatoms. The van der Waals surface area contributed by atoms with Crippen LogP contribution in [0.1, 0.15) is 31.9 Å². The number of benzene rings is 1. The normalized spacial score (nSPS) is 16.5. The molecule has 1 rings (SSSR count). The molecule has 96 valence electrons. The maximum Gasteiger partial charge on any atom is 0.123 e. The van der Waals surface area contributed by atoms with Gasteiger partial charge in [0.25, 0.3) is 0 Å². The summed E-state index contributed by atoms with van der Waals surface area (Å²) in [5.74, 6) is -0.317. The van der Waals surface area contributed by atoms with Gasteiger partial charge in [0.1, 0.15) is 5.82 Å². The Morgan fingerprint density at radius 1 is 1.35 bits per heavy atom. The molecule has 1 aromatic rings. The summed E-state index contributed by atoms with van der Waals surface area (Å²) < 4.78 is 12.7. The van der Waals surface area contributed by atoms with Crippen molar-refractivity contribution in [2.24, 2.45) is 0 Å². The molecule has 3 nitrogen and oxygen atoms in total. The van der Waals surface area contributed by atoms with Gasteiger partial charge in [-0.2, -0.15) is 0 Å². The molecule has 1 aromatic carbocycles. The Bertz CT molecular complexity index is 338. The van der Waals surface area contributed by atoms with Crippen LogP contribution in [-0.4, -0.2) is 28.9 Å². The molecule has 0 heterocycles. The molecule has 3 N–H and O–H groups in total. The monoisotopic (exact) mass is 241 g/mol. The van der Waals surface area contributed by atoms with Gasteiger partial charge in [0.05, 0.1) is 11.7 Å². The van der Waals surface area contributed by atoms with Crippen molar-refractivity contribution in [1.82, 2.24) is 5.32 Å². The van der Waals surface area contributed by atoms with E-state index in [1.54, 1.807) is 19.1 Å². The Hall–Kier alpha value is -0.970. The molecular formula is C13H20FNO2. The summed E-state index contributed by atoms with van der Waals surface area (Å²) in [5, 5.41) is 22.6. The van der Waals surface area contributed by atoms with Gasteiger partial charge < -0.3 is 15.5 Å².